The van der Waals surface area contributed by atoms with Gasteiger partial charge in [-0.2, -0.15) is 5.10 Å². The minimum atomic E-state index is -0.394. The maximum absolute atomic E-state index is 12.5. The van der Waals surface area contributed by atoms with Gasteiger partial charge in [0.15, 0.2) is 6.61 Å². The average Bonchev–Trinajstić information content (AvgIpc) is 2.93. The molecule has 26 heavy (non-hydrogen) atoms. The number of benzene rings is 1. The van der Waals surface area contributed by atoms with Gasteiger partial charge in [-0.3, -0.25) is 14.3 Å². The van der Waals surface area contributed by atoms with Gasteiger partial charge in [-0.1, -0.05) is 30.3 Å². The van der Waals surface area contributed by atoms with Crippen molar-refractivity contribution in [3.05, 3.63) is 53.3 Å². The number of nitrogens with zero attached hydrogens (tertiary/aromatic N) is 3. The van der Waals surface area contributed by atoms with Gasteiger partial charge in [0, 0.05) is 18.3 Å². The van der Waals surface area contributed by atoms with Crippen LogP contribution in [0.25, 0.3) is 0 Å². The Balaban J connectivity index is 1.83. The molecule has 0 saturated heterocycles. The summed E-state index contributed by atoms with van der Waals surface area (Å²) in [5.41, 5.74) is 2.96. The third-order valence-electron chi connectivity index (χ3n) is 4.13. The number of rotatable bonds is 8. The van der Waals surface area contributed by atoms with Crippen LogP contribution in [0.15, 0.2) is 36.4 Å². The minimum absolute atomic E-state index is 0.0242. The lowest BCUT2D eigenvalue weighted by Crippen LogP contribution is -2.39. The quantitative estimate of drug-likeness (QED) is 0.682. The third-order valence-corrected chi connectivity index (χ3v) is 4.13. The van der Waals surface area contributed by atoms with Crippen LogP contribution in [-0.2, 0) is 27.4 Å². The molecular formula is C20H27N3O3. The second kappa shape index (κ2) is 9.17. The van der Waals surface area contributed by atoms with Crippen LogP contribution in [0.5, 0.6) is 0 Å². The zero-order chi connectivity index (χ0) is 19.1. The lowest BCUT2D eigenvalue weighted by molar-refractivity contribution is -0.153. The number of aryl methyl sites for hydroxylation is 3. The summed E-state index contributed by atoms with van der Waals surface area (Å²) in [6, 6.07) is 11.8. The molecule has 6 nitrogen and oxygen atoms in total. The molecule has 0 N–H and O–H groups in total. The summed E-state index contributed by atoms with van der Waals surface area (Å²) in [5, 5.41) is 4.31. The molecule has 0 aliphatic rings. The van der Waals surface area contributed by atoms with E-state index in [-0.39, 0.29) is 25.0 Å². The molecule has 140 valence electrons. The number of hydrogen-bond donors (Lipinski definition) is 0. The summed E-state index contributed by atoms with van der Waals surface area (Å²) in [7, 11) is 0. The normalized spacial score (nSPS) is 10.8. The molecule has 0 bridgehead atoms. The predicted octanol–water partition coefficient (Wildman–Crippen LogP) is 2.87. The molecule has 6 heteroatoms. The Hall–Kier alpha value is -2.63. The molecular weight excluding hydrogens is 330 g/mol. The van der Waals surface area contributed by atoms with E-state index in [1.165, 1.54) is 0 Å². The highest BCUT2D eigenvalue weighted by Crippen LogP contribution is 2.09. The largest absolute Gasteiger partial charge is 0.456 e. The van der Waals surface area contributed by atoms with Crippen molar-refractivity contribution in [1.29, 1.82) is 0 Å². The molecule has 0 aliphatic heterocycles. The van der Waals surface area contributed by atoms with Gasteiger partial charge in [-0.15, -0.1) is 0 Å². The van der Waals surface area contributed by atoms with E-state index < -0.39 is 5.97 Å². The van der Waals surface area contributed by atoms with E-state index in [4.69, 9.17) is 4.74 Å². The van der Waals surface area contributed by atoms with E-state index in [9.17, 15) is 9.59 Å². The van der Waals surface area contributed by atoms with Gasteiger partial charge in [0.05, 0.1) is 18.7 Å². The summed E-state index contributed by atoms with van der Waals surface area (Å²) in [5.74, 6) is -0.586. The van der Waals surface area contributed by atoms with Crippen molar-refractivity contribution >= 4 is 11.9 Å². The minimum Gasteiger partial charge on any atom is -0.456 e. The lowest BCUT2D eigenvalue weighted by Gasteiger charge is -2.26. The maximum atomic E-state index is 12.5. The average molecular weight is 357 g/mol. The van der Waals surface area contributed by atoms with Crippen LogP contribution in [0.3, 0.4) is 0 Å². The van der Waals surface area contributed by atoms with Gasteiger partial charge in [0.2, 0.25) is 0 Å². The van der Waals surface area contributed by atoms with Gasteiger partial charge in [0.25, 0.3) is 5.91 Å². The summed E-state index contributed by atoms with van der Waals surface area (Å²) in [6.07, 6.45) is 0.190. The van der Waals surface area contributed by atoms with Gasteiger partial charge >= 0.3 is 5.97 Å². The van der Waals surface area contributed by atoms with Gasteiger partial charge in [-0.25, -0.2) is 0 Å². The molecule has 1 amide bonds. The van der Waals surface area contributed by atoms with Crippen LogP contribution in [0.2, 0.25) is 0 Å². The van der Waals surface area contributed by atoms with Crippen LogP contribution >= 0.6 is 0 Å². The van der Waals surface area contributed by atoms with Crippen LogP contribution < -0.4 is 0 Å². The SMILES string of the molecule is Cc1cc(C)n(CCC(=O)OCC(=O)N(Cc2ccccc2)C(C)C)n1. The third kappa shape index (κ3) is 5.72. The highest BCUT2D eigenvalue weighted by atomic mass is 16.5. The molecule has 0 radical (unpaired) electrons. The molecule has 1 aromatic carbocycles. The van der Waals surface area contributed by atoms with E-state index in [1.54, 1.807) is 9.58 Å². The van der Waals surface area contributed by atoms with Gasteiger partial charge in [-0.05, 0) is 39.3 Å². The standard InChI is InChI=1S/C20H27N3O3/c1-15(2)22(13-18-8-6-5-7-9-18)19(24)14-26-20(25)10-11-23-17(4)12-16(3)21-23/h5-9,12,15H,10-11,13-14H2,1-4H3. The van der Waals surface area contributed by atoms with Gasteiger partial charge in [0.1, 0.15) is 0 Å². The summed E-state index contributed by atoms with van der Waals surface area (Å²) in [4.78, 5) is 26.1. The summed E-state index contributed by atoms with van der Waals surface area (Å²) >= 11 is 0. The van der Waals surface area contributed by atoms with E-state index in [1.807, 2.05) is 64.1 Å². The van der Waals surface area contributed by atoms with Crippen molar-refractivity contribution in [3.63, 3.8) is 0 Å². The van der Waals surface area contributed by atoms with Crippen molar-refractivity contribution in [2.45, 2.75) is 53.2 Å². The molecule has 2 aromatic rings. The van der Waals surface area contributed by atoms with Crippen LogP contribution in [-0.4, -0.2) is 39.2 Å². The Kier molecular flexibility index (Phi) is 6.95. The van der Waals surface area contributed by atoms with Gasteiger partial charge < -0.3 is 9.64 Å². The number of ether oxygens (including phenoxy) is 1. The first kappa shape index (κ1) is 19.7. The van der Waals surface area contributed by atoms with Crippen LogP contribution in [0, 0.1) is 13.8 Å². The van der Waals surface area contributed by atoms with Crippen molar-refractivity contribution in [3.8, 4) is 0 Å². The van der Waals surface area contributed by atoms with Crippen molar-refractivity contribution in [2.24, 2.45) is 0 Å². The fraction of sp³-hybridized carbons (Fsp3) is 0.450. The zero-order valence-electron chi connectivity index (χ0n) is 15.9. The summed E-state index contributed by atoms with van der Waals surface area (Å²) < 4.78 is 6.94. The Labute approximate surface area is 154 Å². The molecule has 2 rings (SSSR count). The van der Waals surface area contributed by atoms with E-state index in [0.29, 0.717) is 13.1 Å². The first-order valence-corrected chi connectivity index (χ1v) is 8.87. The number of carbonyl (C=O) groups is 2. The van der Waals surface area contributed by atoms with E-state index in [0.717, 1.165) is 17.0 Å². The second-order valence-electron chi connectivity index (χ2n) is 6.66. The molecule has 0 spiro atoms. The van der Waals surface area contributed by atoms with E-state index >= 15 is 0 Å². The Morgan fingerprint density at radius 1 is 1.19 bits per heavy atom. The zero-order valence-corrected chi connectivity index (χ0v) is 15.9. The lowest BCUT2D eigenvalue weighted by atomic mass is 10.2. The van der Waals surface area contributed by atoms with Crippen molar-refractivity contribution in [2.75, 3.05) is 6.61 Å². The highest BCUT2D eigenvalue weighted by molar-refractivity contribution is 5.80. The fourth-order valence-corrected chi connectivity index (χ4v) is 2.73. The molecule has 0 atom stereocenters. The fourth-order valence-electron chi connectivity index (χ4n) is 2.73. The van der Waals surface area contributed by atoms with Crippen molar-refractivity contribution in [1.82, 2.24) is 14.7 Å². The highest BCUT2D eigenvalue weighted by Gasteiger charge is 2.19. The Morgan fingerprint density at radius 2 is 1.88 bits per heavy atom. The van der Waals surface area contributed by atoms with E-state index in [2.05, 4.69) is 5.10 Å². The number of hydrogen-bond acceptors (Lipinski definition) is 4. The monoisotopic (exact) mass is 357 g/mol. The maximum Gasteiger partial charge on any atom is 0.308 e. The molecule has 0 saturated carbocycles. The smallest absolute Gasteiger partial charge is 0.308 e. The number of aromatic nitrogens is 2. The number of carbonyl (C=O) groups excluding carboxylic acids is 2. The first-order valence-electron chi connectivity index (χ1n) is 8.87. The molecule has 1 heterocycles. The number of amides is 1. The van der Waals surface area contributed by atoms with Crippen molar-refractivity contribution < 1.29 is 14.3 Å². The Morgan fingerprint density at radius 3 is 2.46 bits per heavy atom. The molecule has 0 aliphatic carbocycles. The predicted molar refractivity (Wildman–Crippen MR) is 99.4 cm³/mol. The van der Waals surface area contributed by atoms with Crippen LogP contribution in [0.4, 0.5) is 0 Å². The topological polar surface area (TPSA) is 64.4 Å². The summed E-state index contributed by atoms with van der Waals surface area (Å²) in [6.45, 7) is 8.47. The number of esters is 1. The molecule has 0 unspecified atom stereocenters. The molecule has 0 fully saturated rings. The first-order chi connectivity index (χ1) is 12.4. The molecule has 1 aromatic heterocycles. The van der Waals surface area contributed by atoms with Crippen LogP contribution in [0.1, 0.15) is 37.2 Å². The Bertz CT molecular complexity index is 738. The second-order valence-corrected chi connectivity index (χ2v) is 6.66.